The standard InChI is InChI=1S/C16H15ClFN5O3.C8H6F4/c1-22(2)16(26)15-21-14(19-7-24)13-12(20-11(25)6-23(13)15)9-5-8(18)3-4-10(9)17;1-5-2-6(8(10,11)12)4-7(9)3-5/h3-5,7,12H,6H2,1-2H3,(H,19,24)(H,20,25);2-4H,1H3. The second-order valence-corrected chi connectivity index (χ2v) is 8.81. The normalized spacial score (nSPS) is 14.6. The molecule has 202 valence electrons. The topological polar surface area (TPSA) is 96.3 Å². The van der Waals surface area contributed by atoms with Crippen LogP contribution in [-0.2, 0) is 22.3 Å². The van der Waals surface area contributed by atoms with Gasteiger partial charge in [0.1, 0.15) is 18.2 Å². The number of aromatic nitrogens is 2. The highest BCUT2D eigenvalue weighted by Crippen LogP contribution is 2.36. The van der Waals surface area contributed by atoms with Crippen LogP contribution in [0.15, 0.2) is 36.4 Å². The van der Waals surface area contributed by atoms with Gasteiger partial charge in [0.25, 0.3) is 5.91 Å². The Labute approximate surface area is 218 Å². The van der Waals surface area contributed by atoms with Crippen LogP contribution in [0.5, 0.6) is 0 Å². The van der Waals surface area contributed by atoms with Crippen LogP contribution >= 0.6 is 11.6 Å². The van der Waals surface area contributed by atoms with E-state index in [1.54, 1.807) is 14.1 Å². The maximum absolute atomic E-state index is 13.7. The molecule has 14 heteroatoms. The van der Waals surface area contributed by atoms with Crippen LogP contribution in [0.2, 0.25) is 5.02 Å². The lowest BCUT2D eigenvalue weighted by molar-refractivity contribution is -0.137. The summed E-state index contributed by atoms with van der Waals surface area (Å²) in [6.45, 7) is 1.25. The van der Waals surface area contributed by atoms with Crippen LogP contribution < -0.4 is 10.6 Å². The van der Waals surface area contributed by atoms with Crippen molar-refractivity contribution in [2.24, 2.45) is 0 Å². The number of halogens is 6. The molecule has 1 aliphatic rings. The van der Waals surface area contributed by atoms with Gasteiger partial charge in [-0.3, -0.25) is 14.4 Å². The average Bonchev–Trinajstić information content (AvgIpc) is 3.17. The third kappa shape index (κ3) is 6.28. The smallest absolute Gasteiger partial charge is 0.342 e. The van der Waals surface area contributed by atoms with Crippen LogP contribution in [-0.4, -0.2) is 46.8 Å². The van der Waals surface area contributed by atoms with Crippen molar-refractivity contribution < 1.29 is 36.3 Å². The van der Waals surface area contributed by atoms with Gasteiger partial charge in [-0.25, -0.2) is 13.8 Å². The zero-order chi connectivity index (χ0) is 28.4. The molecule has 2 N–H and O–H groups in total. The summed E-state index contributed by atoms with van der Waals surface area (Å²) >= 11 is 6.18. The summed E-state index contributed by atoms with van der Waals surface area (Å²) in [4.78, 5) is 41.1. The Morgan fingerprint density at radius 1 is 1.18 bits per heavy atom. The van der Waals surface area contributed by atoms with E-state index in [2.05, 4.69) is 15.6 Å². The van der Waals surface area contributed by atoms with Gasteiger partial charge >= 0.3 is 6.18 Å². The molecule has 2 aromatic carbocycles. The van der Waals surface area contributed by atoms with Gasteiger partial charge in [0.15, 0.2) is 5.82 Å². The molecule has 38 heavy (non-hydrogen) atoms. The molecule has 8 nitrogen and oxygen atoms in total. The molecule has 0 saturated carbocycles. The predicted octanol–water partition coefficient (Wildman–Crippen LogP) is 4.32. The Balaban J connectivity index is 0.000000279. The summed E-state index contributed by atoms with van der Waals surface area (Å²) in [5.41, 5.74) is -0.0459. The molecule has 1 unspecified atom stereocenters. The Bertz CT molecular complexity index is 1370. The molecule has 1 aromatic heterocycles. The van der Waals surface area contributed by atoms with Gasteiger partial charge in [0, 0.05) is 24.7 Å². The second kappa shape index (κ2) is 11.2. The minimum atomic E-state index is -4.47. The number of carbonyl (C=O) groups excluding carboxylic acids is 3. The Morgan fingerprint density at radius 2 is 1.87 bits per heavy atom. The number of aryl methyl sites for hydroxylation is 1. The molecular formula is C24H21ClF5N5O3. The van der Waals surface area contributed by atoms with Crippen molar-refractivity contribution in [2.75, 3.05) is 19.4 Å². The van der Waals surface area contributed by atoms with Gasteiger partial charge in [-0.1, -0.05) is 11.6 Å². The fourth-order valence-electron chi connectivity index (χ4n) is 3.72. The molecule has 0 bridgehead atoms. The minimum Gasteiger partial charge on any atom is -0.342 e. The first-order valence-corrected chi connectivity index (χ1v) is 11.2. The van der Waals surface area contributed by atoms with Gasteiger partial charge < -0.3 is 20.1 Å². The van der Waals surface area contributed by atoms with Crippen LogP contribution in [0.25, 0.3) is 0 Å². The van der Waals surface area contributed by atoms with Crippen molar-refractivity contribution in [2.45, 2.75) is 25.7 Å². The van der Waals surface area contributed by atoms with E-state index in [0.29, 0.717) is 23.7 Å². The number of rotatable bonds is 4. The van der Waals surface area contributed by atoms with Gasteiger partial charge in [0.2, 0.25) is 18.1 Å². The molecule has 3 aromatic rings. The Kier molecular flexibility index (Phi) is 8.40. The van der Waals surface area contributed by atoms with E-state index in [4.69, 9.17) is 11.6 Å². The number of amides is 3. The predicted molar refractivity (Wildman–Crippen MR) is 127 cm³/mol. The number of alkyl halides is 3. The molecule has 0 saturated heterocycles. The number of imidazole rings is 1. The lowest BCUT2D eigenvalue weighted by Crippen LogP contribution is -2.41. The lowest BCUT2D eigenvalue weighted by Gasteiger charge is -2.28. The van der Waals surface area contributed by atoms with Gasteiger partial charge in [-0.15, -0.1) is 0 Å². The summed E-state index contributed by atoms with van der Waals surface area (Å²) in [6, 6.07) is 5.31. The zero-order valence-corrected chi connectivity index (χ0v) is 20.9. The third-order valence-corrected chi connectivity index (χ3v) is 5.66. The first-order valence-electron chi connectivity index (χ1n) is 10.8. The van der Waals surface area contributed by atoms with E-state index >= 15 is 0 Å². The number of hydrogen-bond acceptors (Lipinski definition) is 4. The van der Waals surface area contributed by atoms with E-state index < -0.39 is 41.2 Å². The summed E-state index contributed by atoms with van der Waals surface area (Å²) in [7, 11) is 3.08. The Hall–Kier alpha value is -4.00. The fourth-order valence-corrected chi connectivity index (χ4v) is 3.95. The molecule has 1 aliphatic heterocycles. The SMILES string of the molecule is CN(C)C(=O)c1nc(NC=O)c2n1CC(=O)NC2c1cc(F)ccc1Cl.Cc1cc(F)cc(C(F)(F)F)c1. The van der Waals surface area contributed by atoms with Gasteiger partial charge in [-0.05, 0) is 48.9 Å². The highest BCUT2D eigenvalue weighted by Gasteiger charge is 2.35. The number of nitrogens with one attached hydrogen (secondary N) is 2. The van der Waals surface area contributed by atoms with Crippen molar-refractivity contribution in [1.29, 1.82) is 0 Å². The summed E-state index contributed by atoms with van der Waals surface area (Å²) < 4.78 is 63.5. The average molecular weight is 558 g/mol. The molecule has 2 heterocycles. The lowest BCUT2D eigenvalue weighted by atomic mass is 10.0. The number of fused-ring (bicyclic) bond motifs is 1. The van der Waals surface area contributed by atoms with Crippen LogP contribution in [0.1, 0.15) is 39.0 Å². The number of hydrogen-bond donors (Lipinski definition) is 2. The zero-order valence-electron chi connectivity index (χ0n) is 20.2. The van der Waals surface area contributed by atoms with Gasteiger partial charge in [-0.2, -0.15) is 13.2 Å². The van der Waals surface area contributed by atoms with Crippen molar-refractivity contribution in [3.8, 4) is 0 Å². The van der Waals surface area contributed by atoms with Crippen molar-refractivity contribution in [3.05, 3.63) is 81.3 Å². The van der Waals surface area contributed by atoms with E-state index in [0.717, 1.165) is 12.1 Å². The van der Waals surface area contributed by atoms with Crippen LogP contribution in [0.4, 0.5) is 27.8 Å². The van der Waals surface area contributed by atoms with Crippen LogP contribution in [0, 0.1) is 18.6 Å². The largest absolute Gasteiger partial charge is 0.416 e. The molecule has 0 radical (unpaired) electrons. The highest BCUT2D eigenvalue weighted by molar-refractivity contribution is 6.31. The molecule has 3 amide bonds. The summed E-state index contributed by atoms with van der Waals surface area (Å²) in [5, 5.41) is 5.36. The summed E-state index contributed by atoms with van der Waals surface area (Å²) in [6.07, 6.45) is -4.05. The number of benzene rings is 2. The third-order valence-electron chi connectivity index (χ3n) is 5.32. The maximum atomic E-state index is 13.7. The maximum Gasteiger partial charge on any atom is 0.416 e. The van der Waals surface area contributed by atoms with E-state index in [9.17, 15) is 36.3 Å². The monoisotopic (exact) mass is 557 g/mol. The Morgan fingerprint density at radius 3 is 2.45 bits per heavy atom. The number of nitrogens with zero attached hydrogens (tertiary/aromatic N) is 3. The first-order chi connectivity index (χ1) is 17.7. The van der Waals surface area contributed by atoms with Gasteiger partial charge in [0.05, 0.1) is 17.3 Å². The fraction of sp³-hybridized carbons (Fsp3) is 0.250. The quantitative estimate of drug-likeness (QED) is 0.369. The van der Waals surface area contributed by atoms with Crippen molar-refractivity contribution in [3.63, 3.8) is 0 Å². The van der Waals surface area contributed by atoms with E-state index in [1.165, 1.54) is 34.6 Å². The minimum absolute atomic E-state index is 0.0123. The molecule has 0 spiro atoms. The molecule has 0 aliphatic carbocycles. The van der Waals surface area contributed by atoms with E-state index in [-0.39, 0.29) is 28.8 Å². The summed E-state index contributed by atoms with van der Waals surface area (Å²) in [5.74, 6) is -2.15. The number of carbonyl (C=O) groups is 3. The molecule has 0 fully saturated rings. The van der Waals surface area contributed by atoms with Crippen LogP contribution in [0.3, 0.4) is 0 Å². The van der Waals surface area contributed by atoms with E-state index in [1.807, 2.05) is 0 Å². The second-order valence-electron chi connectivity index (χ2n) is 8.40. The highest BCUT2D eigenvalue weighted by atomic mass is 35.5. The first kappa shape index (κ1) is 28.6. The molecule has 1 atom stereocenters. The number of anilines is 1. The van der Waals surface area contributed by atoms with Crippen molar-refractivity contribution >= 4 is 35.6 Å². The van der Waals surface area contributed by atoms with Crippen molar-refractivity contribution in [1.82, 2.24) is 19.8 Å². The molecular weight excluding hydrogens is 537 g/mol. The molecule has 4 rings (SSSR count).